The predicted octanol–water partition coefficient (Wildman–Crippen LogP) is 2.48. The van der Waals surface area contributed by atoms with E-state index < -0.39 is 11.3 Å². The van der Waals surface area contributed by atoms with Crippen LogP contribution in [0.5, 0.6) is 0 Å². The number of nitrogens with one attached hydrogen (secondary N) is 3. The van der Waals surface area contributed by atoms with Crippen LogP contribution in [0.1, 0.15) is 51.4 Å². The van der Waals surface area contributed by atoms with Gasteiger partial charge in [-0.1, -0.05) is 34.6 Å². The smallest absolute Gasteiger partial charge is 0.269 e. The maximum Gasteiger partial charge on any atom is 0.269 e. The van der Waals surface area contributed by atoms with Gasteiger partial charge in [0, 0.05) is 23.1 Å². The zero-order valence-electron chi connectivity index (χ0n) is 14.3. The molecule has 0 atom stereocenters. The molecule has 0 bridgehead atoms. The normalized spacial score (nSPS) is 11.0. The van der Waals surface area contributed by atoms with E-state index in [2.05, 4.69) is 16.2 Å². The molecule has 0 heterocycles. The first-order chi connectivity index (χ1) is 10.6. The van der Waals surface area contributed by atoms with E-state index in [1.807, 2.05) is 13.8 Å². The number of carbonyl (C=O) groups is 3. The molecule has 1 aromatic carbocycles. The van der Waals surface area contributed by atoms with Gasteiger partial charge in [0.15, 0.2) is 0 Å². The Morgan fingerprint density at radius 2 is 1.57 bits per heavy atom. The molecule has 0 fully saturated rings. The van der Waals surface area contributed by atoms with Crippen molar-refractivity contribution in [1.29, 1.82) is 0 Å². The highest BCUT2D eigenvalue weighted by atomic mass is 16.2. The molecule has 3 amide bonds. The van der Waals surface area contributed by atoms with E-state index >= 15 is 0 Å². The van der Waals surface area contributed by atoms with Gasteiger partial charge in [-0.25, -0.2) is 0 Å². The summed E-state index contributed by atoms with van der Waals surface area (Å²) in [5.41, 5.74) is 5.18. The highest BCUT2D eigenvalue weighted by molar-refractivity contribution is 5.97. The first kappa shape index (κ1) is 18.7. The lowest BCUT2D eigenvalue weighted by molar-refractivity contribution is -0.129. The minimum Gasteiger partial charge on any atom is -0.326 e. The molecular weight excluding hydrogens is 294 g/mol. The Hall–Kier alpha value is -2.37. The zero-order valence-corrected chi connectivity index (χ0v) is 14.3. The third kappa shape index (κ3) is 6.50. The van der Waals surface area contributed by atoms with Crippen molar-refractivity contribution in [2.75, 3.05) is 5.32 Å². The largest absolute Gasteiger partial charge is 0.326 e. The van der Waals surface area contributed by atoms with E-state index in [-0.39, 0.29) is 17.7 Å². The van der Waals surface area contributed by atoms with Crippen LogP contribution in [0, 0.1) is 11.3 Å². The summed E-state index contributed by atoms with van der Waals surface area (Å²) in [4.78, 5) is 35.3. The van der Waals surface area contributed by atoms with Crippen molar-refractivity contribution < 1.29 is 14.4 Å². The number of benzene rings is 1. The maximum absolute atomic E-state index is 11.9. The molecule has 1 aromatic rings. The summed E-state index contributed by atoms with van der Waals surface area (Å²) in [5.74, 6) is -0.466. The molecule has 23 heavy (non-hydrogen) atoms. The zero-order chi connectivity index (χ0) is 17.6. The second-order valence-corrected chi connectivity index (χ2v) is 6.88. The fraction of sp³-hybridized carbons (Fsp3) is 0.471. The summed E-state index contributed by atoms with van der Waals surface area (Å²) in [6.07, 6.45) is 0.446. The van der Waals surface area contributed by atoms with Gasteiger partial charge < -0.3 is 5.32 Å². The van der Waals surface area contributed by atoms with Gasteiger partial charge in [-0.2, -0.15) is 0 Å². The van der Waals surface area contributed by atoms with Gasteiger partial charge >= 0.3 is 0 Å². The minimum absolute atomic E-state index is 0.0605. The molecule has 126 valence electrons. The molecule has 1 rings (SSSR count). The minimum atomic E-state index is -0.585. The van der Waals surface area contributed by atoms with Gasteiger partial charge in [-0.3, -0.25) is 25.2 Å². The predicted molar refractivity (Wildman–Crippen MR) is 89.6 cm³/mol. The molecule has 0 aliphatic heterocycles. The quantitative estimate of drug-likeness (QED) is 0.745. The lowest BCUT2D eigenvalue weighted by atomic mass is 9.96. The number of rotatable bonds is 4. The van der Waals surface area contributed by atoms with Crippen LogP contribution in [0.25, 0.3) is 0 Å². The van der Waals surface area contributed by atoms with Crippen LogP contribution in [0.3, 0.4) is 0 Å². The molecule has 0 saturated heterocycles. The molecule has 0 saturated carbocycles. The third-order valence-electron chi connectivity index (χ3n) is 3.00. The standard InChI is InChI=1S/C17H25N3O3/c1-11(2)10-14(21)18-13-8-6-12(7-9-13)15(22)19-20-16(23)17(3,4)5/h6-9,11H,10H2,1-5H3,(H,18,21)(H,19,22)(H,20,23). The third-order valence-corrected chi connectivity index (χ3v) is 3.00. The summed E-state index contributed by atoms with van der Waals surface area (Å²) in [5, 5.41) is 2.77. The molecule has 0 aliphatic rings. The first-order valence-corrected chi connectivity index (χ1v) is 7.60. The Labute approximate surface area is 137 Å². The topological polar surface area (TPSA) is 87.3 Å². The van der Waals surface area contributed by atoms with Crippen LogP contribution >= 0.6 is 0 Å². The number of hydrazine groups is 1. The lowest BCUT2D eigenvalue weighted by Gasteiger charge is -2.17. The van der Waals surface area contributed by atoms with Crippen LogP contribution in [-0.2, 0) is 9.59 Å². The average molecular weight is 319 g/mol. The van der Waals surface area contributed by atoms with Gasteiger partial charge in [0.1, 0.15) is 0 Å². The van der Waals surface area contributed by atoms with Gasteiger partial charge in [-0.15, -0.1) is 0 Å². The first-order valence-electron chi connectivity index (χ1n) is 7.60. The number of anilines is 1. The lowest BCUT2D eigenvalue weighted by Crippen LogP contribution is -2.46. The van der Waals surface area contributed by atoms with Crippen molar-refractivity contribution in [3.8, 4) is 0 Å². The van der Waals surface area contributed by atoms with Gasteiger partial charge in [0.2, 0.25) is 11.8 Å². The molecule has 0 unspecified atom stereocenters. The van der Waals surface area contributed by atoms with Crippen molar-refractivity contribution in [3.63, 3.8) is 0 Å². The Kier molecular flexibility index (Phi) is 6.30. The molecule has 0 aromatic heterocycles. The van der Waals surface area contributed by atoms with E-state index in [0.717, 1.165) is 0 Å². The maximum atomic E-state index is 11.9. The summed E-state index contributed by atoms with van der Waals surface area (Å²) < 4.78 is 0. The van der Waals surface area contributed by atoms with E-state index in [1.54, 1.807) is 45.0 Å². The van der Waals surface area contributed by atoms with E-state index in [9.17, 15) is 14.4 Å². The average Bonchev–Trinajstić information content (AvgIpc) is 2.43. The molecular formula is C17H25N3O3. The molecule has 0 spiro atoms. The summed E-state index contributed by atoms with van der Waals surface area (Å²) >= 11 is 0. The second-order valence-electron chi connectivity index (χ2n) is 6.88. The number of carbonyl (C=O) groups excluding carboxylic acids is 3. The number of amides is 3. The Bertz CT molecular complexity index is 572. The van der Waals surface area contributed by atoms with Crippen molar-refractivity contribution >= 4 is 23.4 Å². The van der Waals surface area contributed by atoms with Crippen LogP contribution in [0.4, 0.5) is 5.69 Å². The number of hydrogen-bond donors (Lipinski definition) is 3. The number of hydrogen-bond acceptors (Lipinski definition) is 3. The van der Waals surface area contributed by atoms with Crippen LogP contribution in [0.15, 0.2) is 24.3 Å². The van der Waals surface area contributed by atoms with Crippen LogP contribution in [0.2, 0.25) is 0 Å². The van der Waals surface area contributed by atoms with Crippen molar-refractivity contribution in [2.45, 2.75) is 41.0 Å². The highest BCUT2D eigenvalue weighted by Crippen LogP contribution is 2.13. The summed E-state index contributed by atoms with van der Waals surface area (Å²) in [7, 11) is 0. The molecule has 6 nitrogen and oxygen atoms in total. The van der Waals surface area contributed by atoms with Crippen LogP contribution < -0.4 is 16.2 Å². The monoisotopic (exact) mass is 319 g/mol. The van der Waals surface area contributed by atoms with Crippen molar-refractivity contribution in [3.05, 3.63) is 29.8 Å². The Balaban J connectivity index is 2.57. The highest BCUT2D eigenvalue weighted by Gasteiger charge is 2.21. The molecule has 0 aliphatic carbocycles. The summed E-state index contributed by atoms with van der Waals surface area (Å²) in [6.45, 7) is 9.20. The van der Waals surface area contributed by atoms with E-state index in [0.29, 0.717) is 17.7 Å². The molecule has 3 N–H and O–H groups in total. The summed E-state index contributed by atoms with van der Waals surface area (Å²) in [6, 6.07) is 6.48. The second kappa shape index (κ2) is 7.76. The van der Waals surface area contributed by atoms with Gasteiger partial charge in [0.05, 0.1) is 0 Å². The van der Waals surface area contributed by atoms with E-state index in [4.69, 9.17) is 0 Å². The van der Waals surface area contributed by atoms with Gasteiger partial charge in [0.25, 0.3) is 5.91 Å². The Morgan fingerprint density at radius 3 is 2.04 bits per heavy atom. The molecule has 0 radical (unpaired) electrons. The fourth-order valence-corrected chi connectivity index (χ4v) is 1.66. The SMILES string of the molecule is CC(C)CC(=O)Nc1ccc(C(=O)NNC(=O)C(C)(C)C)cc1. The van der Waals surface area contributed by atoms with E-state index in [1.165, 1.54) is 0 Å². The van der Waals surface area contributed by atoms with Crippen LogP contribution in [-0.4, -0.2) is 17.7 Å². The van der Waals surface area contributed by atoms with Crippen molar-refractivity contribution in [2.24, 2.45) is 11.3 Å². The van der Waals surface area contributed by atoms with Gasteiger partial charge in [-0.05, 0) is 30.2 Å². The van der Waals surface area contributed by atoms with Crippen molar-refractivity contribution in [1.82, 2.24) is 10.9 Å². The molecule has 6 heteroatoms. The Morgan fingerprint density at radius 1 is 1.00 bits per heavy atom. The fourth-order valence-electron chi connectivity index (χ4n) is 1.66.